The third-order valence-corrected chi connectivity index (χ3v) is 5.12. The Morgan fingerprint density at radius 3 is 2.61 bits per heavy atom. The van der Waals surface area contributed by atoms with Gasteiger partial charge in [0.25, 0.3) is 5.56 Å². The standard InChI is InChI=1S/C19H33N5O7/c1-12-10-24(19(26)23-16(12)25)17-15(14(28-2)13(31-17)11-30-27)29-9-7-5-3-4-6-8-22-18(20)21/h10,13-15,17,27H,3-9,11H2,1-2H3,(H4,20,21,22)(H,23,25,26)/t13-,14?,15+,17-/m1/s1. The number of nitrogens with zero attached hydrogens (tertiary/aromatic N) is 2. The largest absolute Gasteiger partial charge is 0.376 e. The molecule has 12 nitrogen and oxygen atoms in total. The predicted octanol–water partition coefficient (Wildman–Crippen LogP) is -0.144. The molecule has 6 N–H and O–H groups in total. The minimum absolute atomic E-state index is 0.108. The first-order valence-electron chi connectivity index (χ1n) is 10.3. The van der Waals surface area contributed by atoms with Crippen molar-refractivity contribution in [2.24, 2.45) is 16.5 Å². The number of nitrogens with two attached hydrogens (primary N) is 2. The zero-order valence-electron chi connectivity index (χ0n) is 18.0. The lowest BCUT2D eigenvalue weighted by molar-refractivity contribution is -0.265. The number of methoxy groups -OCH3 is 1. The van der Waals surface area contributed by atoms with Gasteiger partial charge >= 0.3 is 5.69 Å². The molecule has 0 aliphatic carbocycles. The van der Waals surface area contributed by atoms with Gasteiger partial charge in [0, 0.05) is 32.0 Å². The number of aliphatic imine (C=N–C) groups is 1. The van der Waals surface area contributed by atoms with Crippen LogP contribution in [-0.4, -0.2) is 65.9 Å². The third-order valence-electron chi connectivity index (χ3n) is 5.12. The third kappa shape index (κ3) is 7.14. The second-order valence-electron chi connectivity index (χ2n) is 7.45. The molecule has 1 fully saturated rings. The molecule has 0 saturated carbocycles. The highest BCUT2D eigenvalue weighted by atomic mass is 17.1. The van der Waals surface area contributed by atoms with Crippen LogP contribution in [0.2, 0.25) is 0 Å². The van der Waals surface area contributed by atoms with Gasteiger partial charge in [-0.15, -0.1) is 0 Å². The highest BCUT2D eigenvalue weighted by Gasteiger charge is 2.47. The Balaban J connectivity index is 1.97. The number of hydrogen-bond acceptors (Lipinski definition) is 8. The monoisotopic (exact) mass is 443 g/mol. The Morgan fingerprint density at radius 2 is 1.94 bits per heavy atom. The normalized spacial score (nSPS) is 23.2. The first-order valence-corrected chi connectivity index (χ1v) is 10.3. The van der Waals surface area contributed by atoms with Gasteiger partial charge in [-0.1, -0.05) is 19.3 Å². The molecule has 0 spiro atoms. The Bertz CT molecular complexity index is 821. The molecule has 0 bridgehead atoms. The van der Waals surface area contributed by atoms with Gasteiger partial charge in [0.1, 0.15) is 24.9 Å². The molecule has 2 heterocycles. The van der Waals surface area contributed by atoms with E-state index in [4.69, 9.17) is 30.9 Å². The van der Waals surface area contributed by atoms with E-state index in [9.17, 15) is 9.59 Å². The first-order chi connectivity index (χ1) is 14.9. The average Bonchev–Trinajstić information content (AvgIpc) is 3.06. The van der Waals surface area contributed by atoms with Crippen LogP contribution in [0.4, 0.5) is 0 Å². The number of rotatable bonds is 13. The van der Waals surface area contributed by atoms with E-state index in [1.54, 1.807) is 6.92 Å². The quantitative estimate of drug-likeness (QED) is 0.106. The van der Waals surface area contributed by atoms with E-state index in [0.29, 0.717) is 18.7 Å². The molecule has 0 amide bonds. The van der Waals surface area contributed by atoms with Gasteiger partial charge in [-0.25, -0.2) is 9.68 Å². The number of guanidine groups is 1. The van der Waals surface area contributed by atoms with Crippen LogP contribution >= 0.6 is 0 Å². The van der Waals surface area contributed by atoms with E-state index in [2.05, 4.69) is 14.9 Å². The minimum Gasteiger partial charge on any atom is -0.376 e. The van der Waals surface area contributed by atoms with E-state index in [1.807, 2.05) is 0 Å². The second-order valence-corrected chi connectivity index (χ2v) is 7.45. The Kier molecular flexibility index (Phi) is 10.1. The lowest BCUT2D eigenvalue weighted by Crippen LogP contribution is -2.41. The molecule has 1 unspecified atom stereocenters. The van der Waals surface area contributed by atoms with E-state index in [0.717, 1.165) is 32.1 Å². The summed E-state index contributed by atoms with van der Waals surface area (Å²) < 4.78 is 18.7. The van der Waals surface area contributed by atoms with Gasteiger partial charge in [-0.2, -0.15) is 0 Å². The van der Waals surface area contributed by atoms with Gasteiger partial charge in [0.2, 0.25) is 0 Å². The van der Waals surface area contributed by atoms with Gasteiger partial charge in [0.05, 0.1) is 0 Å². The van der Waals surface area contributed by atoms with Crippen molar-refractivity contribution in [2.45, 2.75) is 63.6 Å². The molecule has 1 aliphatic heterocycles. The van der Waals surface area contributed by atoms with Crippen LogP contribution in [0, 0.1) is 6.92 Å². The average molecular weight is 444 g/mol. The molecule has 31 heavy (non-hydrogen) atoms. The number of unbranched alkanes of at least 4 members (excludes halogenated alkanes) is 4. The second kappa shape index (κ2) is 12.6. The summed E-state index contributed by atoms with van der Waals surface area (Å²) in [6.45, 7) is 2.50. The van der Waals surface area contributed by atoms with Crippen LogP contribution in [0.25, 0.3) is 0 Å². The van der Waals surface area contributed by atoms with Crippen LogP contribution in [0.15, 0.2) is 20.8 Å². The molecule has 176 valence electrons. The molecule has 1 aromatic rings. The van der Waals surface area contributed by atoms with Crippen molar-refractivity contribution in [3.05, 3.63) is 32.6 Å². The molecular weight excluding hydrogens is 410 g/mol. The van der Waals surface area contributed by atoms with Crippen LogP contribution < -0.4 is 22.7 Å². The van der Waals surface area contributed by atoms with E-state index < -0.39 is 35.8 Å². The molecular formula is C19H33N5O7. The smallest absolute Gasteiger partial charge is 0.330 e. The highest BCUT2D eigenvalue weighted by Crippen LogP contribution is 2.33. The molecule has 1 aliphatic rings. The fraction of sp³-hybridized carbons (Fsp3) is 0.737. The van der Waals surface area contributed by atoms with Crippen molar-refractivity contribution < 1.29 is 24.4 Å². The summed E-state index contributed by atoms with van der Waals surface area (Å²) in [6, 6.07) is 0. The van der Waals surface area contributed by atoms with Crippen molar-refractivity contribution in [1.29, 1.82) is 0 Å². The van der Waals surface area contributed by atoms with Gasteiger partial charge in [-0.05, 0) is 19.8 Å². The number of nitrogens with one attached hydrogen (secondary N) is 1. The van der Waals surface area contributed by atoms with Crippen LogP contribution in [0.5, 0.6) is 0 Å². The van der Waals surface area contributed by atoms with Gasteiger partial charge in [-0.3, -0.25) is 24.6 Å². The Hall–Kier alpha value is -2.25. The number of H-pyrrole nitrogens is 1. The maximum Gasteiger partial charge on any atom is 0.330 e. The van der Waals surface area contributed by atoms with Crippen molar-refractivity contribution in [2.75, 3.05) is 26.9 Å². The fourth-order valence-electron chi connectivity index (χ4n) is 3.55. The predicted molar refractivity (Wildman–Crippen MR) is 113 cm³/mol. The van der Waals surface area contributed by atoms with Gasteiger partial charge in [0.15, 0.2) is 12.2 Å². The minimum atomic E-state index is -0.840. The number of hydrogen-bond donors (Lipinski definition) is 4. The SMILES string of the molecule is COC1[C@@H](COO)O[C@@H](n2cc(C)c(=O)[nH]c2=O)[C@H]1OCCCCCCCN=C(N)N. The maximum absolute atomic E-state index is 12.4. The maximum atomic E-state index is 12.4. The first kappa shape index (κ1) is 25.0. The zero-order valence-corrected chi connectivity index (χ0v) is 18.0. The summed E-state index contributed by atoms with van der Waals surface area (Å²) in [4.78, 5) is 34.5. The summed E-state index contributed by atoms with van der Waals surface area (Å²) in [5.41, 5.74) is 9.87. The number of aromatic amines is 1. The summed E-state index contributed by atoms with van der Waals surface area (Å²) in [5, 5.41) is 8.87. The van der Waals surface area contributed by atoms with Crippen molar-refractivity contribution in [1.82, 2.24) is 9.55 Å². The summed E-state index contributed by atoms with van der Waals surface area (Å²) in [5.74, 6) is 0.108. The topological polar surface area (TPSA) is 176 Å². The highest BCUT2D eigenvalue weighted by molar-refractivity contribution is 5.75. The summed E-state index contributed by atoms with van der Waals surface area (Å²) in [7, 11) is 1.49. The van der Waals surface area contributed by atoms with Crippen LogP contribution in [0.3, 0.4) is 0 Å². The Morgan fingerprint density at radius 1 is 1.23 bits per heavy atom. The van der Waals surface area contributed by atoms with Crippen molar-refractivity contribution in [3.63, 3.8) is 0 Å². The molecule has 1 saturated heterocycles. The van der Waals surface area contributed by atoms with E-state index >= 15 is 0 Å². The van der Waals surface area contributed by atoms with Crippen LogP contribution in [0.1, 0.15) is 43.9 Å². The molecule has 0 radical (unpaired) electrons. The van der Waals surface area contributed by atoms with Crippen molar-refractivity contribution >= 4 is 5.96 Å². The summed E-state index contributed by atoms with van der Waals surface area (Å²) in [6.07, 6.45) is 3.43. The zero-order chi connectivity index (χ0) is 22.8. The lowest BCUT2D eigenvalue weighted by Gasteiger charge is -2.24. The van der Waals surface area contributed by atoms with E-state index in [-0.39, 0.29) is 12.6 Å². The molecule has 2 rings (SSSR count). The van der Waals surface area contributed by atoms with Crippen LogP contribution in [-0.2, 0) is 19.1 Å². The van der Waals surface area contributed by atoms with Gasteiger partial charge < -0.3 is 25.7 Å². The number of ether oxygens (including phenoxy) is 3. The number of aromatic nitrogens is 2. The summed E-state index contributed by atoms with van der Waals surface area (Å²) >= 11 is 0. The number of aryl methyl sites for hydroxylation is 1. The Labute approximate surface area is 180 Å². The lowest BCUT2D eigenvalue weighted by atomic mass is 10.1. The molecule has 1 aromatic heterocycles. The molecule has 12 heteroatoms. The van der Waals surface area contributed by atoms with E-state index in [1.165, 1.54) is 17.9 Å². The van der Waals surface area contributed by atoms with Crippen molar-refractivity contribution in [3.8, 4) is 0 Å². The molecule has 0 aromatic carbocycles. The fourth-order valence-corrected chi connectivity index (χ4v) is 3.55. The molecule has 4 atom stereocenters.